The maximum absolute atomic E-state index is 12.3. The van der Waals surface area contributed by atoms with Crippen LogP contribution in [0.25, 0.3) is 0 Å². The van der Waals surface area contributed by atoms with E-state index in [2.05, 4.69) is 4.72 Å². The molecule has 0 unspecified atom stereocenters. The van der Waals surface area contributed by atoms with E-state index in [-0.39, 0.29) is 21.8 Å². The van der Waals surface area contributed by atoms with Crippen LogP contribution in [0.15, 0.2) is 29.2 Å². The van der Waals surface area contributed by atoms with Gasteiger partial charge in [0.25, 0.3) is 0 Å². The number of hydrogen-bond acceptors (Lipinski definition) is 4. The van der Waals surface area contributed by atoms with Crippen molar-refractivity contribution in [2.45, 2.75) is 42.5 Å². The fourth-order valence-corrected chi connectivity index (χ4v) is 6.32. The van der Waals surface area contributed by atoms with Gasteiger partial charge >= 0.3 is 0 Å². The summed E-state index contributed by atoms with van der Waals surface area (Å²) in [4.78, 5) is 0.105. The Bertz CT molecular complexity index is 749. The third-order valence-corrected chi connectivity index (χ3v) is 7.50. The minimum atomic E-state index is -3.79. The van der Waals surface area contributed by atoms with Crippen LogP contribution < -0.4 is 4.72 Å². The van der Waals surface area contributed by atoms with Crippen LogP contribution in [-0.4, -0.2) is 39.8 Å². The second-order valence-electron chi connectivity index (χ2n) is 6.60. The standard InChI is InChI=1S/C14H20ClNO4S2/c1-14(2,3)10-4-6-11(7-5-10)22(19,20)16-13-9-21(17,18)8-12(13)15/h4-7,12-13,16H,8-9H2,1-3H3/t12-,13-/m0/s1. The Kier molecular flexibility index (Phi) is 4.65. The van der Waals surface area contributed by atoms with E-state index in [1.807, 2.05) is 20.8 Å². The molecular weight excluding hydrogens is 346 g/mol. The first kappa shape index (κ1) is 17.7. The maximum atomic E-state index is 12.3. The van der Waals surface area contributed by atoms with Crippen LogP contribution in [0.3, 0.4) is 0 Å². The van der Waals surface area contributed by atoms with Gasteiger partial charge in [0, 0.05) is 0 Å². The lowest BCUT2D eigenvalue weighted by molar-refractivity contribution is 0.562. The smallest absolute Gasteiger partial charge is 0.229 e. The van der Waals surface area contributed by atoms with E-state index in [4.69, 9.17) is 11.6 Å². The van der Waals surface area contributed by atoms with Crippen LogP contribution in [0.2, 0.25) is 0 Å². The Morgan fingerprint density at radius 1 is 1.14 bits per heavy atom. The fraction of sp³-hybridized carbons (Fsp3) is 0.571. The van der Waals surface area contributed by atoms with Crippen molar-refractivity contribution in [2.75, 3.05) is 11.5 Å². The maximum Gasteiger partial charge on any atom is 0.240 e. The van der Waals surface area contributed by atoms with Gasteiger partial charge in [0.05, 0.1) is 27.8 Å². The first-order chi connectivity index (χ1) is 9.91. The molecule has 22 heavy (non-hydrogen) atoms. The summed E-state index contributed by atoms with van der Waals surface area (Å²) in [5, 5.41) is -0.742. The summed E-state index contributed by atoms with van der Waals surface area (Å²) < 4.78 is 50.1. The Labute approximate surface area is 137 Å². The first-order valence-corrected chi connectivity index (χ1v) is 10.6. The van der Waals surface area contributed by atoms with Gasteiger partial charge in [0.15, 0.2) is 9.84 Å². The molecule has 0 radical (unpaired) electrons. The molecule has 1 heterocycles. The average Bonchev–Trinajstić information content (AvgIpc) is 2.60. The number of rotatable bonds is 3. The predicted molar refractivity (Wildman–Crippen MR) is 87.5 cm³/mol. The summed E-state index contributed by atoms with van der Waals surface area (Å²) in [6.45, 7) is 6.11. The number of alkyl halides is 1. The van der Waals surface area contributed by atoms with Gasteiger partial charge in [0.1, 0.15) is 0 Å². The van der Waals surface area contributed by atoms with Gasteiger partial charge in [-0.3, -0.25) is 0 Å². The predicted octanol–water partition coefficient (Wildman–Crippen LogP) is 1.67. The fourth-order valence-electron chi connectivity index (χ4n) is 2.31. The number of halogens is 1. The van der Waals surface area contributed by atoms with Crippen molar-refractivity contribution in [2.24, 2.45) is 0 Å². The topological polar surface area (TPSA) is 80.3 Å². The van der Waals surface area contributed by atoms with Crippen molar-refractivity contribution in [3.05, 3.63) is 29.8 Å². The van der Waals surface area contributed by atoms with E-state index in [1.54, 1.807) is 12.1 Å². The highest BCUT2D eigenvalue weighted by atomic mass is 35.5. The Balaban J connectivity index is 2.21. The molecule has 1 aromatic rings. The summed E-state index contributed by atoms with van der Waals surface area (Å²) in [6, 6.07) is 5.78. The van der Waals surface area contributed by atoms with Crippen LogP contribution in [0.1, 0.15) is 26.3 Å². The first-order valence-electron chi connectivity index (χ1n) is 6.88. The molecule has 1 saturated heterocycles. The van der Waals surface area contributed by atoms with E-state index in [0.29, 0.717) is 0 Å². The van der Waals surface area contributed by atoms with Gasteiger partial charge in [-0.05, 0) is 23.1 Å². The van der Waals surface area contributed by atoms with Gasteiger partial charge in [-0.2, -0.15) is 0 Å². The van der Waals surface area contributed by atoms with Crippen LogP contribution >= 0.6 is 11.6 Å². The lowest BCUT2D eigenvalue weighted by atomic mass is 9.87. The molecule has 0 bridgehead atoms. The molecule has 1 aliphatic rings. The summed E-state index contributed by atoms with van der Waals surface area (Å²) >= 11 is 5.94. The van der Waals surface area contributed by atoms with Crippen molar-refractivity contribution < 1.29 is 16.8 Å². The van der Waals surface area contributed by atoms with Gasteiger partial charge < -0.3 is 0 Å². The normalized spacial score (nSPS) is 25.3. The molecule has 1 aliphatic heterocycles. The Morgan fingerprint density at radius 2 is 1.68 bits per heavy atom. The van der Waals surface area contributed by atoms with Gasteiger partial charge in [-0.15, -0.1) is 11.6 Å². The van der Waals surface area contributed by atoms with Crippen molar-refractivity contribution in [1.29, 1.82) is 0 Å². The van der Waals surface area contributed by atoms with Crippen LogP contribution in [-0.2, 0) is 25.3 Å². The van der Waals surface area contributed by atoms with Gasteiger partial charge in [0.2, 0.25) is 10.0 Å². The number of nitrogens with one attached hydrogen (secondary N) is 1. The SMILES string of the molecule is CC(C)(C)c1ccc(S(=O)(=O)N[C@H]2CS(=O)(=O)C[C@@H]2Cl)cc1. The molecular formula is C14H20ClNO4S2. The molecule has 0 saturated carbocycles. The lowest BCUT2D eigenvalue weighted by Crippen LogP contribution is -2.40. The summed E-state index contributed by atoms with van der Waals surface area (Å²) in [5.74, 6) is -0.467. The van der Waals surface area contributed by atoms with Crippen molar-refractivity contribution in [1.82, 2.24) is 4.72 Å². The Hall–Kier alpha value is -0.630. The van der Waals surface area contributed by atoms with Gasteiger partial charge in [-0.25, -0.2) is 21.6 Å². The minimum Gasteiger partial charge on any atom is -0.229 e. The summed E-state index contributed by atoms with van der Waals surface area (Å²) in [5.41, 5.74) is 0.946. The summed E-state index contributed by atoms with van der Waals surface area (Å²) in [6.07, 6.45) is 0. The zero-order chi connectivity index (χ0) is 16.8. The lowest BCUT2D eigenvalue weighted by Gasteiger charge is -2.20. The number of hydrogen-bond donors (Lipinski definition) is 1. The molecule has 2 rings (SSSR count). The Morgan fingerprint density at radius 3 is 2.09 bits per heavy atom. The zero-order valence-corrected chi connectivity index (χ0v) is 15.1. The second kappa shape index (κ2) is 5.78. The average molecular weight is 366 g/mol. The van der Waals surface area contributed by atoms with E-state index < -0.39 is 31.3 Å². The van der Waals surface area contributed by atoms with Crippen LogP contribution in [0.5, 0.6) is 0 Å². The largest absolute Gasteiger partial charge is 0.240 e. The third kappa shape index (κ3) is 4.01. The van der Waals surface area contributed by atoms with Crippen LogP contribution in [0, 0.1) is 0 Å². The quantitative estimate of drug-likeness (QED) is 0.826. The summed E-state index contributed by atoms with van der Waals surface area (Å²) in [7, 11) is -7.07. The van der Waals surface area contributed by atoms with E-state index >= 15 is 0 Å². The van der Waals surface area contributed by atoms with E-state index in [9.17, 15) is 16.8 Å². The third-order valence-electron chi connectivity index (χ3n) is 3.62. The number of sulfone groups is 1. The van der Waals surface area contributed by atoms with E-state index in [1.165, 1.54) is 12.1 Å². The van der Waals surface area contributed by atoms with Crippen molar-refractivity contribution >= 4 is 31.5 Å². The molecule has 0 amide bonds. The molecule has 0 aliphatic carbocycles. The molecule has 0 aromatic heterocycles. The monoisotopic (exact) mass is 365 g/mol. The highest BCUT2D eigenvalue weighted by molar-refractivity contribution is 7.92. The molecule has 2 atom stereocenters. The molecule has 8 heteroatoms. The zero-order valence-electron chi connectivity index (χ0n) is 12.7. The molecule has 5 nitrogen and oxygen atoms in total. The highest BCUT2D eigenvalue weighted by Crippen LogP contribution is 2.24. The number of sulfonamides is 1. The molecule has 1 aromatic carbocycles. The minimum absolute atomic E-state index is 0.0729. The van der Waals surface area contributed by atoms with Gasteiger partial charge in [-0.1, -0.05) is 32.9 Å². The van der Waals surface area contributed by atoms with Crippen molar-refractivity contribution in [3.8, 4) is 0 Å². The number of benzene rings is 1. The van der Waals surface area contributed by atoms with E-state index in [0.717, 1.165) is 5.56 Å². The molecule has 124 valence electrons. The van der Waals surface area contributed by atoms with Crippen molar-refractivity contribution in [3.63, 3.8) is 0 Å². The van der Waals surface area contributed by atoms with Crippen LogP contribution in [0.4, 0.5) is 0 Å². The highest BCUT2D eigenvalue weighted by Gasteiger charge is 2.38. The molecule has 1 fully saturated rings. The molecule has 0 spiro atoms. The molecule has 1 N–H and O–H groups in total. The second-order valence-corrected chi connectivity index (χ2v) is 11.0.